The Morgan fingerprint density at radius 1 is 1.23 bits per heavy atom. The second-order valence-corrected chi connectivity index (χ2v) is 7.76. The molecule has 0 unspecified atom stereocenters. The van der Waals surface area contributed by atoms with Crippen molar-refractivity contribution in [2.75, 3.05) is 6.61 Å². The van der Waals surface area contributed by atoms with Crippen LogP contribution in [0.3, 0.4) is 0 Å². The van der Waals surface area contributed by atoms with Gasteiger partial charge in [0.15, 0.2) is 17.2 Å². The second kappa shape index (κ2) is 8.49. The van der Waals surface area contributed by atoms with Crippen LogP contribution >= 0.6 is 0 Å². The highest BCUT2D eigenvalue weighted by Gasteiger charge is 2.30. The van der Waals surface area contributed by atoms with Gasteiger partial charge in [0.05, 0.1) is 16.9 Å². The number of carbonyl (C=O) groups excluding carboxylic acids is 1. The summed E-state index contributed by atoms with van der Waals surface area (Å²) in [5, 5.41) is 19.7. The Morgan fingerprint density at radius 2 is 1.90 bits per heavy atom. The molecule has 1 atom stereocenters. The first-order valence-corrected chi connectivity index (χ1v) is 9.53. The maximum Gasteiger partial charge on any atom is 0.181 e. The minimum absolute atomic E-state index is 0.0693. The first kappa shape index (κ1) is 21.9. The highest BCUT2D eigenvalue weighted by atomic mass is 19.1. The maximum atomic E-state index is 13.9. The molecule has 2 heterocycles. The van der Waals surface area contributed by atoms with E-state index < -0.39 is 23.2 Å². The molecule has 6 nitrogen and oxygen atoms in total. The lowest BCUT2D eigenvalue weighted by molar-refractivity contribution is -0.0102. The summed E-state index contributed by atoms with van der Waals surface area (Å²) in [6, 6.07) is 6.82. The third-order valence-electron chi connectivity index (χ3n) is 5.14. The summed E-state index contributed by atoms with van der Waals surface area (Å²) in [6.07, 6.45) is 1.57. The van der Waals surface area contributed by atoms with Gasteiger partial charge in [-0.2, -0.15) is 0 Å². The maximum absolute atomic E-state index is 13.9. The fourth-order valence-electron chi connectivity index (χ4n) is 3.28. The lowest BCUT2D eigenvalue weighted by atomic mass is 9.86. The van der Waals surface area contributed by atoms with Crippen LogP contribution in [0.5, 0.6) is 5.75 Å². The van der Waals surface area contributed by atoms with Gasteiger partial charge in [-0.1, -0.05) is 6.07 Å². The Kier molecular flexibility index (Phi) is 6.19. The molecular formula is C22H24F2N2O4. The Morgan fingerprint density at radius 3 is 2.50 bits per heavy atom. The van der Waals surface area contributed by atoms with E-state index in [0.717, 1.165) is 12.1 Å². The number of Topliss-reactive ketones (excluding diaryl/α,β-unsaturated/α-hetero) is 1. The number of pyridine rings is 1. The van der Waals surface area contributed by atoms with E-state index in [1.807, 2.05) is 0 Å². The molecule has 3 rings (SSSR count). The molecular weight excluding hydrogens is 394 g/mol. The SMILES string of the molecule is Cc1nc2c(OCc3c(F)cccc3F)cccn2c1C(=O)C[C@@H](CO)C(C)(C)O. The molecule has 0 aliphatic heterocycles. The largest absolute Gasteiger partial charge is 0.485 e. The van der Waals surface area contributed by atoms with Crippen LogP contribution < -0.4 is 4.74 Å². The second-order valence-electron chi connectivity index (χ2n) is 7.76. The van der Waals surface area contributed by atoms with E-state index in [9.17, 15) is 23.8 Å². The van der Waals surface area contributed by atoms with Gasteiger partial charge < -0.3 is 14.9 Å². The Hall–Kier alpha value is -2.84. The summed E-state index contributed by atoms with van der Waals surface area (Å²) in [5.41, 5.74) is -0.346. The van der Waals surface area contributed by atoms with E-state index >= 15 is 0 Å². The van der Waals surface area contributed by atoms with Gasteiger partial charge in [-0.25, -0.2) is 13.8 Å². The van der Waals surface area contributed by atoms with Crippen LogP contribution in [0.4, 0.5) is 8.78 Å². The Balaban J connectivity index is 1.91. The molecule has 0 spiro atoms. The van der Waals surface area contributed by atoms with Crippen molar-refractivity contribution in [1.82, 2.24) is 9.38 Å². The third-order valence-corrected chi connectivity index (χ3v) is 5.14. The highest BCUT2D eigenvalue weighted by Crippen LogP contribution is 2.27. The van der Waals surface area contributed by atoms with E-state index in [1.165, 1.54) is 19.9 Å². The van der Waals surface area contributed by atoms with Crippen molar-refractivity contribution in [3.05, 3.63) is 65.1 Å². The van der Waals surface area contributed by atoms with Crippen molar-refractivity contribution < 1.29 is 28.5 Å². The van der Waals surface area contributed by atoms with Gasteiger partial charge in [0.1, 0.15) is 23.9 Å². The predicted molar refractivity (Wildman–Crippen MR) is 106 cm³/mol. The number of aromatic nitrogens is 2. The number of hydrogen-bond donors (Lipinski definition) is 2. The summed E-state index contributed by atoms with van der Waals surface area (Å²) in [6.45, 7) is 4.07. The van der Waals surface area contributed by atoms with Crippen molar-refractivity contribution in [2.24, 2.45) is 5.92 Å². The monoisotopic (exact) mass is 418 g/mol. The molecule has 0 saturated heterocycles. The third kappa shape index (κ3) is 4.34. The van der Waals surface area contributed by atoms with E-state index in [0.29, 0.717) is 17.0 Å². The van der Waals surface area contributed by atoms with E-state index in [2.05, 4.69) is 4.98 Å². The molecule has 2 aromatic heterocycles. The van der Waals surface area contributed by atoms with Crippen molar-refractivity contribution in [2.45, 2.75) is 39.4 Å². The normalized spacial score (nSPS) is 12.9. The van der Waals surface area contributed by atoms with Crippen molar-refractivity contribution >= 4 is 11.4 Å². The van der Waals surface area contributed by atoms with Crippen molar-refractivity contribution in [3.8, 4) is 5.75 Å². The number of aryl methyl sites for hydroxylation is 1. The van der Waals surface area contributed by atoms with E-state index in [-0.39, 0.29) is 36.7 Å². The number of halogens is 2. The topological polar surface area (TPSA) is 84.1 Å². The average Bonchev–Trinajstić information content (AvgIpc) is 3.01. The lowest BCUT2D eigenvalue weighted by Crippen LogP contribution is -2.35. The predicted octanol–water partition coefficient (Wildman–Crippen LogP) is 3.45. The molecule has 3 aromatic rings. The molecule has 0 fully saturated rings. The summed E-state index contributed by atoms with van der Waals surface area (Å²) in [4.78, 5) is 17.3. The van der Waals surface area contributed by atoms with E-state index in [4.69, 9.17) is 4.74 Å². The molecule has 0 bridgehead atoms. The number of imidazole rings is 1. The standard InChI is InChI=1S/C22H24F2N2O4/c1-13-20(18(28)10-14(11-27)22(2,3)29)26-9-5-8-19(21(26)25-13)30-12-15-16(23)6-4-7-17(15)24/h4-9,14,27,29H,10-12H2,1-3H3/t14-/m0/s1. The van der Waals surface area contributed by atoms with Gasteiger partial charge in [-0.05, 0) is 45.0 Å². The van der Waals surface area contributed by atoms with Crippen LogP contribution in [-0.4, -0.2) is 37.6 Å². The Labute approximate surface area is 172 Å². The molecule has 0 aliphatic rings. The molecule has 2 N–H and O–H groups in total. The lowest BCUT2D eigenvalue weighted by Gasteiger charge is -2.27. The number of rotatable bonds is 8. The van der Waals surface area contributed by atoms with Crippen LogP contribution in [0.15, 0.2) is 36.5 Å². The first-order chi connectivity index (χ1) is 14.1. The zero-order valence-electron chi connectivity index (χ0n) is 17.0. The molecule has 160 valence electrons. The fourth-order valence-corrected chi connectivity index (χ4v) is 3.28. The molecule has 30 heavy (non-hydrogen) atoms. The van der Waals surface area contributed by atoms with E-state index in [1.54, 1.807) is 29.7 Å². The zero-order chi connectivity index (χ0) is 22.1. The summed E-state index contributed by atoms with van der Waals surface area (Å²) >= 11 is 0. The first-order valence-electron chi connectivity index (χ1n) is 9.53. The number of fused-ring (bicyclic) bond motifs is 1. The van der Waals surface area contributed by atoms with Gasteiger partial charge in [-0.3, -0.25) is 9.20 Å². The number of nitrogens with zero attached hydrogens (tertiary/aromatic N) is 2. The van der Waals surface area contributed by atoms with Crippen molar-refractivity contribution in [3.63, 3.8) is 0 Å². The summed E-state index contributed by atoms with van der Waals surface area (Å²) < 4.78 is 34.9. The Bertz CT molecular complexity index is 1050. The number of ether oxygens (including phenoxy) is 1. The number of ketones is 1. The van der Waals surface area contributed by atoms with Gasteiger partial charge in [0.2, 0.25) is 0 Å². The minimum Gasteiger partial charge on any atom is -0.485 e. The van der Waals surface area contributed by atoms with Crippen LogP contribution in [-0.2, 0) is 6.61 Å². The number of carbonyl (C=O) groups is 1. The summed E-state index contributed by atoms with van der Waals surface area (Å²) in [7, 11) is 0. The molecule has 0 amide bonds. The minimum atomic E-state index is -1.23. The molecule has 0 radical (unpaired) electrons. The molecule has 8 heteroatoms. The average molecular weight is 418 g/mol. The number of benzene rings is 1. The van der Waals surface area contributed by atoms with Gasteiger partial charge in [-0.15, -0.1) is 0 Å². The van der Waals surface area contributed by atoms with Gasteiger partial charge >= 0.3 is 0 Å². The molecule has 0 aliphatic carbocycles. The number of aliphatic hydroxyl groups is 2. The molecule has 1 aromatic carbocycles. The van der Waals surface area contributed by atoms with Crippen molar-refractivity contribution in [1.29, 1.82) is 0 Å². The van der Waals surface area contributed by atoms with Gasteiger partial charge in [0.25, 0.3) is 0 Å². The summed E-state index contributed by atoms with van der Waals surface area (Å²) in [5.74, 6) is -2.08. The smallest absolute Gasteiger partial charge is 0.181 e. The fraction of sp³-hybridized carbons (Fsp3) is 0.364. The van der Waals surface area contributed by atoms with Crippen LogP contribution in [0, 0.1) is 24.5 Å². The number of hydrogen-bond acceptors (Lipinski definition) is 5. The zero-order valence-corrected chi connectivity index (χ0v) is 17.0. The highest BCUT2D eigenvalue weighted by molar-refractivity contribution is 5.97. The molecule has 0 saturated carbocycles. The van der Waals surface area contributed by atoms with Crippen LogP contribution in [0.1, 0.15) is 42.0 Å². The van der Waals surface area contributed by atoms with Gasteiger partial charge in [0, 0.05) is 25.1 Å². The quantitative estimate of drug-likeness (QED) is 0.548. The van der Waals surface area contributed by atoms with Crippen LogP contribution in [0.2, 0.25) is 0 Å². The van der Waals surface area contributed by atoms with Crippen LogP contribution in [0.25, 0.3) is 5.65 Å². The number of aliphatic hydroxyl groups excluding tert-OH is 1.